The summed E-state index contributed by atoms with van der Waals surface area (Å²) in [7, 11) is 0. The number of aryl methyl sites for hydroxylation is 2. The summed E-state index contributed by atoms with van der Waals surface area (Å²) < 4.78 is 8.06. The van der Waals surface area contributed by atoms with E-state index in [1.54, 1.807) is 6.08 Å². The molecule has 0 saturated carbocycles. The second-order valence-corrected chi connectivity index (χ2v) is 8.32. The highest BCUT2D eigenvalue weighted by molar-refractivity contribution is 7.71. The van der Waals surface area contributed by atoms with Gasteiger partial charge in [0.25, 0.3) is 0 Å². The molecule has 0 spiro atoms. The standard InChI is InChI=1S/C21H21N7O2S2/c1-3-10-28-16(24-27-21(28)31)11-15-12-32-20(22-15)23-17(29)8-9-18-25-26-19(30-18)14-6-4-13(2)5-7-14/h3-7,12H,1,8-11H2,2H3,(H,27,31)(H,22,23,29). The molecule has 0 bridgehead atoms. The van der Waals surface area contributed by atoms with E-state index in [4.69, 9.17) is 16.6 Å². The van der Waals surface area contributed by atoms with Crippen molar-refractivity contribution in [3.8, 4) is 11.5 Å². The molecule has 0 atom stereocenters. The minimum atomic E-state index is -0.171. The summed E-state index contributed by atoms with van der Waals surface area (Å²) in [5.41, 5.74) is 2.80. The van der Waals surface area contributed by atoms with Crippen LogP contribution >= 0.6 is 23.6 Å². The number of amides is 1. The number of aromatic amines is 1. The molecule has 0 unspecified atom stereocenters. The summed E-state index contributed by atoms with van der Waals surface area (Å²) in [6.07, 6.45) is 2.81. The molecule has 2 N–H and O–H groups in total. The van der Waals surface area contributed by atoms with Gasteiger partial charge in [0.2, 0.25) is 17.7 Å². The van der Waals surface area contributed by atoms with Crippen molar-refractivity contribution in [2.45, 2.75) is 32.7 Å². The van der Waals surface area contributed by atoms with Gasteiger partial charge in [0, 0.05) is 30.3 Å². The molecule has 3 aromatic heterocycles. The van der Waals surface area contributed by atoms with E-state index in [2.05, 4.69) is 37.3 Å². The summed E-state index contributed by atoms with van der Waals surface area (Å²) in [5.74, 6) is 1.45. The Morgan fingerprint density at radius 3 is 2.94 bits per heavy atom. The van der Waals surface area contributed by atoms with E-state index in [1.165, 1.54) is 11.3 Å². The molecule has 32 heavy (non-hydrogen) atoms. The maximum Gasteiger partial charge on any atom is 0.247 e. The molecule has 4 aromatic rings. The number of hydrogen-bond donors (Lipinski definition) is 2. The summed E-state index contributed by atoms with van der Waals surface area (Å²) in [6.45, 7) is 6.32. The molecule has 0 fully saturated rings. The zero-order valence-corrected chi connectivity index (χ0v) is 19.0. The molecule has 0 saturated heterocycles. The second kappa shape index (κ2) is 9.79. The molecular weight excluding hydrogens is 446 g/mol. The van der Waals surface area contributed by atoms with E-state index in [9.17, 15) is 4.79 Å². The molecule has 164 valence electrons. The number of carbonyl (C=O) groups excluding carboxylic acids is 1. The van der Waals surface area contributed by atoms with Crippen molar-refractivity contribution in [1.82, 2.24) is 29.9 Å². The van der Waals surface area contributed by atoms with Crippen LogP contribution < -0.4 is 5.32 Å². The fourth-order valence-corrected chi connectivity index (χ4v) is 3.93. The molecule has 3 heterocycles. The second-order valence-electron chi connectivity index (χ2n) is 7.08. The quantitative estimate of drug-likeness (QED) is 0.281. The Labute approximate surface area is 193 Å². The molecule has 0 aliphatic rings. The number of allylic oxidation sites excluding steroid dienone is 1. The summed E-state index contributed by atoms with van der Waals surface area (Å²) in [5, 5.41) is 20.3. The van der Waals surface area contributed by atoms with Gasteiger partial charge in [-0.15, -0.1) is 28.1 Å². The van der Waals surface area contributed by atoms with Crippen LogP contribution in [0.1, 0.15) is 29.4 Å². The predicted molar refractivity (Wildman–Crippen MR) is 124 cm³/mol. The number of thiazole rings is 1. The maximum absolute atomic E-state index is 12.3. The van der Waals surface area contributed by atoms with E-state index in [-0.39, 0.29) is 12.3 Å². The topological polar surface area (TPSA) is 115 Å². The summed E-state index contributed by atoms with van der Waals surface area (Å²) in [4.78, 5) is 16.8. The molecule has 1 aromatic carbocycles. The number of carbonyl (C=O) groups is 1. The molecule has 1 amide bonds. The Morgan fingerprint density at radius 1 is 1.34 bits per heavy atom. The molecule has 4 rings (SSSR count). The maximum atomic E-state index is 12.3. The van der Waals surface area contributed by atoms with Crippen molar-refractivity contribution in [1.29, 1.82) is 0 Å². The van der Waals surface area contributed by atoms with Crippen molar-refractivity contribution in [3.63, 3.8) is 0 Å². The first kappa shape index (κ1) is 21.8. The fraction of sp³-hybridized carbons (Fsp3) is 0.238. The number of nitrogens with zero attached hydrogens (tertiary/aromatic N) is 5. The van der Waals surface area contributed by atoms with Crippen molar-refractivity contribution < 1.29 is 9.21 Å². The first-order valence-corrected chi connectivity index (χ1v) is 11.2. The van der Waals surface area contributed by atoms with Crippen LogP contribution in [0.4, 0.5) is 5.13 Å². The van der Waals surface area contributed by atoms with E-state index in [0.717, 1.165) is 22.6 Å². The zero-order valence-electron chi connectivity index (χ0n) is 17.4. The van der Waals surface area contributed by atoms with Crippen molar-refractivity contribution in [2.24, 2.45) is 0 Å². The lowest BCUT2D eigenvalue weighted by atomic mass is 10.1. The van der Waals surface area contributed by atoms with E-state index in [1.807, 2.05) is 41.1 Å². The van der Waals surface area contributed by atoms with Crippen molar-refractivity contribution >= 4 is 34.6 Å². The van der Waals surface area contributed by atoms with E-state index >= 15 is 0 Å². The first-order valence-electron chi connectivity index (χ1n) is 9.90. The van der Waals surface area contributed by atoms with Gasteiger partial charge in [0.1, 0.15) is 5.82 Å². The van der Waals surface area contributed by atoms with Gasteiger partial charge in [-0.3, -0.25) is 14.5 Å². The summed E-state index contributed by atoms with van der Waals surface area (Å²) >= 11 is 6.58. The van der Waals surface area contributed by atoms with Crippen LogP contribution in [0.25, 0.3) is 11.5 Å². The molecule has 0 aliphatic heterocycles. The lowest BCUT2D eigenvalue weighted by Gasteiger charge is -2.02. The van der Waals surface area contributed by atoms with Gasteiger partial charge in [-0.05, 0) is 31.3 Å². The lowest BCUT2D eigenvalue weighted by molar-refractivity contribution is -0.116. The van der Waals surface area contributed by atoms with E-state index < -0.39 is 0 Å². The third-order valence-electron chi connectivity index (χ3n) is 4.62. The predicted octanol–water partition coefficient (Wildman–Crippen LogP) is 4.10. The van der Waals surface area contributed by atoms with Gasteiger partial charge >= 0.3 is 0 Å². The minimum absolute atomic E-state index is 0.171. The Kier molecular flexibility index (Phi) is 6.66. The van der Waals surface area contributed by atoms with Crippen LogP contribution in [-0.2, 0) is 24.2 Å². The largest absolute Gasteiger partial charge is 0.421 e. The minimum Gasteiger partial charge on any atom is -0.421 e. The Morgan fingerprint density at radius 2 is 2.16 bits per heavy atom. The third kappa shape index (κ3) is 5.24. The highest BCUT2D eigenvalue weighted by atomic mass is 32.1. The van der Waals surface area contributed by atoms with Crippen LogP contribution in [0.3, 0.4) is 0 Å². The van der Waals surface area contributed by atoms with E-state index in [0.29, 0.717) is 41.1 Å². The average Bonchev–Trinajstić information content (AvgIpc) is 3.50. The molecule has 0 radical (unpaired) electrons. The third-order valence-corrected chi connectivity index (χ3v) is 5.74. The van der Waals surface area contributed by atoms with Gasteiger partial charge < -0.3 is 9.73 Å². The van der Waals surface area contributed by atoms with Gasteiger partial charge in [-0.1, -0.05) is 23.8 Å². The van der Waals surface area contributed by atoms with Crippen LogP contribution in [0, 0.1) is 11.7 Å². The highest BCUT2D eigenvalue weighted by Gasteiger charge is 2.13. The average molecular weight is 468 g/mol. The monoisotopic (exact) mass is 467 g/mol. The SMILES string of the molecule is C=CCn1c(Cc2csc(NC(=O)CCc3nnc(-c4ccc(C)cc4)o3)n2)n[nH]c1=S. The lowest BCUT2D eigenvalue weighted by Crippen LogP contribution is -2.12. The number of nitrogens with one attached hydrogen (secondary N) is 2. The number of rotatable bonds is 9. The number of H-pyrrole nitrogens is 1. The van der Waals surface area contributed by atoms with Crippen molar-refractivity contribution in [2.75, 3.05) is 5.32 Å². The fourth-order valence-electron chi connectivity index (χ4n) is 2.98. The molecule has 0 aliphatic carbocycles. The van der Waals surface area contributed by atoms with Crippen LogP contribution in [-0.4, -0.2) is 35.9 Å². The number of benzene rings is 1. The van der Waals surface area contributed by atoms with Gasteiger partial charge in [-0.25, -0.2) is 4.98 Å². The van der Waals surface area contributed by atoms with Crippen molar-refractivity contribution in [3.05, 3.63) is 70.0 Å². The van der Waals surface area contributed by atoms with Crippen LogP contribution in [0.2, 0.25) is 0 Å². The Balaban J connectivity index is 1.31. The number of anilines is 1. The number of aromatic nitrogens is 6. The van der Waals surface area contributed by atoms with Gasteiger partial charge in [0.15, 0.2) is 9.90 Å². The Bertz CT molecular complexity index is 1280. The van der Waals surface area contributed by atoms with Crippen LogP contribution in [0.5, 0.6) is 0 Å². The number of hydrogen-bond acceptors (Lipinski definition) is 8. The van der Waals surface area contributed by atoms with Gasteiger partial charge in [0.05, 0.1) is 12.1 Å². The first-order chi connectivity index (χ1) is 15.5. The van der Waals surface area contributed by atoms with Gasteiger partial charge in [-0.2, -0.15) is 5.10 Å². The normalized spacial score (nSPS) is 10.9. The smallest absolute Gasteiger partial charge is 0.247 e. The van der Waals surface area contributed by atoms with Crippen LogP contribution in [0.15, 0.2) is 46.7 Å². The molecular formula is C21H21N7O2S2. The summed E-state index contributed by atoms with van der Waals surface area (Å²) in [6, 6.07) is 7.82. The highest BCUT2D eigenvalue weighted by Crippen LogP contribution is 2.20. The molecule has 11 heteroatoms. The molecule has 9 nitrogen and oxygen atoms in total. The zero-order chi connectivity index (χ0) is 22.5. The Hall–Kier alpha value is -3.44.